The second kappa shape index (κ2) is 6.46. The molecule has 20 heavy (non-hydrogen) atoms. The van der Waals surface area contributed by atoms with E-state index in [2.05, 4.69) is 0 Å². The van der Waals surface area contributed by atoms with Crippen LogP contribution in [0.3, 0.4) is 0 Å². The predicted molar refractivity (Wildman–Crippen MR) is 82.7 cm³/mol. The number of hydrogen-bond donors (Lipinski definition) is 0. The Balaban J connectivity index is 2.45. The van der Waals surface area contributed by atoms with Crippen LogP contribution in [0.4, 0.5) is 0 Å². The molecule has 0 atom stereocenters. The van der Waals surface area contributed by atoms with Gasteiger partial charge in [-0.25, -0.2) is 8.42 Å². The first-order valence-corrected chi connectivity index (χ1v) is 9.10. The van der Waals surface area contributed by atoms with Gasteiger partial charge in [0, 0.05) is 19.0 Å². The molecule has 1 aromatic carbocycles. The Labute approximate surface area is 127 Å². The lowest BCUT2D eigenvalue weighted by Crippen LogP contribution is -2.32. The zero-order chi connectivity index (χ0) is 14.8. The summed E-state index contributed by atoms with van der Waals surface area (Å²) in [4.78, 5) is 0.426. The Hall–Kier alpha value is -0.580. The maximum Gasteiger partial charge on any atom is 0.243 e. The van der Waals surface area contributed by atoms with Crippen LogP contribution in [0.25, 0.3) is 0 Å². The molecule has 0 N–H and O–H groups in total. The summed E-state index contributed by atoms with van der Waals surface area (Å²) in [6, 6.07) is 3.69. The first-order chi connectivity index (χ1) is 9.46. The molecule has 1 heterocycles. The van der Waals surface area contributed by atoms with E-state index in [9.17, 15) is 8.42 Å². The Morgan fingerprint density at radius 3 is 2.25 bits per heavy atom. The molecule has 0 saturated carbocycles. The van der Waals surface area contributed by atoms with Gasteiger partial charge in [-0.2, -0.15) is 4.31 Å². The molecule has 1 aromatic rings. The van der Waals surface area contributed by atoms with Gasteiger partial charge in [0.25, 0.3) is 0 Å². The second-order valence-electron chi connectivity index (χ2n) is 5.49. The van der Waals surface area contributed by atoms with Crippen LogP contribution in [0.2, 0.25) is 0 Å². The highest BCUT2D eigenvalue weighted by atomic mass is 35.5. The van der Waals surface area contributed by atoms with Crippen molar-refractivity contribution in [2.45, 2.75) is 50.3 Å². The van der Waals surface area contributed by atoms with E-state index in [1.54, 1.807) is 10.4 Å². The van der Waals surface area contributed by atoms with Gasteiger partial charge in [-0.15, -0.1) is 11.6 Å². The molecule has 0 aromatic heterocycles. The highest BCUT2D eigenvalue weighted by Gasteiger charge is 2.27. The standard InChI is InChI=1S/C15H22ClNO2S/c1-12-9-14(11-16)10-15(13(12)2)20(18,19)17-7-5-3-4-6-8-17/h9-10H,3-8,11H2,1-2H3. The number of nitrogens with zero attached hydrogens (tertiary/aromatic N) is 1. The number of hydrogen-bond acceptors (Lipinski definition) is 2. The smallest absolute Gasteiger partial charge is 0.207 e. The van der Waals surface area contributed by atoms with Crippen LogP contribution >= 0.6 is 11.6 Å². The van der Waals surface area contributed by atoms with Crippen molar-refractivity contribution in [3.8, 4) is 0 Å². The van der Waals surface area contributed by atoms with Crippen molar-refractivity contribution in [3.05, 3.63) is 28.8 Å². The lowest BCUT2D eigenvalue weighted by molar-refractivity contribution is 0.423. The summed E-state index contributed by atoms with van der Waals surface area (Å²) in [5.74, 6) is 0.337. The van der Waals surface area contributed by atoms with Gasteiger partial charge in [0.05, 0.1) is 4.90 Å². The van der Waals surface area contributed by atoms with Crippen molar-refractivity contribution in [2.24, 2.45) is 0 Å². The van der Waals surface area contributed by atoms with Crippen molar-refractivity contribution >= 4 is 21.6 Å². The molecule has 0 amide bonds. The minimum atomic E-state index is -3.40. The molecule has 1 aliphatic heterocycles. The van der Waals surface area contributed by atoms with Gasteiger partial charge in [0.1, 0.15) is 0 Å². The maximum atomic E-state index is 12.9. The third kappa shape index (κ3) is 3.18. The third-order valence-electron chi connectivity index (χ3n) is 4.02. The minimum Gasteiger partial charge on any atom is -0.207 e. The van der Waals surface area contributed by atoms with Crippen LogP contribution in [0.5, 0.6) is 0 Å². The molecular formula is C15H22ClNO2S. The van der Waals surface area contributed by atoms with E-state index in [0.717, 1.165) is 42.4 Å². The lowest BCUT2D eigenvalue weighted by Gasteiger charge is -2.22. The van der Waals surface area contributed by atoms with Gasteiger partial charge in [-0.05, 0) is 49.4 Å². The molecule has 0 aliphatic carbocycles. The summed E-state index contributed by atoms with van der Waals surface area (Å²) in [6.07, 6.45) is 4.14. The number of rotatable bonds is 3. The summed E-state index contributed by atoms with van der Waals surface area (Å²) < 4.78 is 27.4. The summed E-state index contributed by atoms with van der Waals surface area (Å²) in [7, 11) is -3.40. The fourth-order valence-electron chi connectivity index (χ4n) is 2.67. The first-order valence-electron chi connectivity index (χ1n) is 7.13. The molecule has 1 fully saturated rings. The van der Waals surface area contributed by atoms with Crippen LogP contribution in [0.1, 0.15) is 42.4 Å². The number of halogens is 1. The monoisotopic (exact) mass is 315 g/mol. The van der Waals surface area contributed by atoms with Crippen molar-refractivity contribution in [3.63, 3.8) is 0 Å². The van der Waals surface area contributed by atoms with Gasteiger partial charge >= 0.3 is 0 Å². The Morgan fingerprint density at radius 1 is 1.10 bits per heavy atom. The SMILES string of the molecule is Cc1cc(CCl)cc(S(=O)(=O)N2CCCCCC2)c1C. The number of sulfonamides is 1. The molecule has 5 heteroatoms. The summed E-state index contributed by atoms with van der Waals surface area (Å²) in [5, 5.41) is 0. The summed E-state index contributed by atoms with van der Waals surface area (Å²) in [6.45, 7) is 5.07. The number of alkyl halides is 1. The minimum absolute atomic E-state index is 0.337. The largest absolute Gasteiger partial charge is 0.243 e. The van der Waals surface area contributed by atoms with E-state index in [4.69, 9.17) is 11.6 Å². The molecular weight excluding hydrogens is 294 g/mol. The molecule has 112 valence electrons. The summed E-state index contributed by atoms with van der Waals surface area (Å²) in [5.41, 5.74) is 2.68. The van der Waals surface area contributed by atoms with E-state index < -0.39 is 10.0 Å². The fourth-order valence-corrected chi connectivity index (χ4v) is 4.68. The van der Waals surface area contributed by atoms with Crippen molar-refractivity contribution in [1.29, 1.82) is 0 Å². The first kappa shape index (κ1) is 15.8. The maximum absolute atomic E-state index is 12.9. The molecule has 2 rings (SSSR count). The lowest BCUT2D eigenvalue weighted by atomic mass is 10.1. The van der Waals surface area contributed by atoms with E-state index in [1.807, 2.05) is 19.9 Å². The molecule has 1 saturated heterocycles. The van der Waals surface area contributed by atoms with Crippen molar-refractivity contribution in [1.82, 2.24) is 4.31 Å². The zero-order valence-electron chi connectivity index (χ0n) is 12.2. The van der Waals surface area contributed by atoms with Crippen molar-refractivity contribution in [2.75, 3.05) is 13.1 Å². The molecule has 0 spiro atoms. The van der Waals surface area contributed by atoms with Gasteiger partial charge in [0.15, 0.2) is 0 Å². The van der Waals surface area contributed by atoms with Crippen LogP contribution < -0.4 is 0 Å². The normalized spacial score (nSPS) is 17.9. The zero-order valence-corrected chi connectivity index (χ0v) is 13.7. The number of aryl methyl sites for hydroxylation is 1. The van der Waals surface area contributed by atoms with Gasteiger partial charge in [-0.3, -0.25) is 0 Å². The molecule has 0 radical (unpaired) electrons. The highest BCUT2D eigenvalue weighted by Crippen LogP contribution is 2.26. The van der Waals surface area contributed by atoms with Crippen LogP contribution in [0.15, 0.2) is 17.0 Å². The van der Waals surface area contributed by atoms with Gasteiger partial charge in [0.2, 0.25) is 10.0 Å². The predicted octanol–water partition coefficient (Wildman–Crippen LogP) is 3.61. The average molecular weight is 316 g/mol. The molecule has 0 unspecified atom stereocenters. The fraction of sp³-hybridized carbons (Fsp3) is 0.600. The Morgan fingerprint density at radius 2 is 1.70 bits per heavy atom. The quantitative estimate of drug-likeness (QED) is 0.799. The highest BCUT2D eigenvalue weighted by molar-refractivity contribution is 7.89. The molecule has 0 bridgehead atoms. The van der Waals surface area contributed by atoms with Crippen LogP contribution in [0, 0.1) is 13.8 Å². The van der Waals surface area contributed by atoms with Crippen molar-refractivity contribution < 1.29 is 8.42 Å². The van der Waals surface area contributed by atoms with E-state index in [0.29, 0.717) is 23.9 Å². The van der Waals surface area contributed by atoms with E-state index in [1.165, 1.54) is 0 Å². The topological polar surface area (TPSA) is 37.4 Å². The molecule has 3 nitrogen and oxygen atoms in total. The van der Waals surface area contributed by atoms with Gasteiger partial charge < -0.3 is 0 Å². The third-order valence-corrected chi connectivity index (χ3v) is 6.35. The number of benzene rings is 1. The van der Waals surface area contributed by atoms with E-state index >= 15 is 0 Å². The van der Waals surface area contributed by atoms with Crippen LogP contribution in [-0.4, -0.2) is 25.8 Å². The second-order valence-corrected chi connectivity index (χ2v) is 7.66. The average Bonchev–Trinajstić information content (AvgIpc) is 2.70. The van der Waals surface area contributed by atoms with E-state index in [-0.39, 0.29) is 0 Å². The van der Waals surface area contributed by atoms with Crippen LogP contribution in [-0.2, 0) is 15.9 Å². The van der Waals surface area contributed by atoms with Gasteiger partial charge in [-0.1, -0.05) is 18.9 Å². The summed E-state index contributed by atoms with van der Waals surface area (Å²) >= 11 is 5.88. The Bertz CT molecular complexity index is 576. The molecule has 1 aliphatic rings. The Kier molecular flexibility index (Phi) is 5.10.